The van der Waals surface area contributed by atoms with Crippen molar-refractivity contribution in [3.05, 3.63) is 95.7 Å². The molecule has 0 saturated heterocycles. The fraction of sp³-hybridized carbons (Fsp3) is 0.241. The minimum Gasteiger partial charge on any atom is -0.481 e. The number of aromatic amines is 1. The van der Waals surface area contributed by atoms with E-state index in [0.717, 1.165) is 28.8 Å². The van der Waals surface area contributed by atoms with Crippen LogP contribution in [0.4, 0.5) is 0 Å². The largest absolute Gasteiger partial charge is 0.481 e. The summed E-state index contributed by atoms with van der Waals surface area (Å²) in [5.74, 6) is -0.930. The number of aryl methyl sites for hydroxylation is 1. The summed E-state index contributed by atoms with van der Waals surface area (Å²) in [5.41, 5.74) is 4.99. The van der Waals surface area contributed by atoms with E-state index in [0.29, 0.717) is 36.6 Å². The Kier molecular flexibility index (Phi) is 8.48. The Morgan fingerprint density at radius 2 is 1.80 bits per heavy atom. The van der Waals surface area contributed by atoms with Gasteiger partial charge in [-0.25, -0.2) is 0 Å². The molecule has 0 spiro atoms. The number of carbonyl (C=O) groups is 2. The van der Waals surface area contributed by atoms with E-state index in [1.54, 1.807) is 23.1 Å². The standard InChI is InChI=1S/C29H29N9O3/c1-2-8-22-15-25(29(41)32-20(14-27(39)40)13-19-9-4-3-5-10-19)35-38(22)18-21-16-31-26(17-30-21)23-11-6-7-12-24(23)28-33-36-37-34-28/h3-7,9-12,15-17,20H,2,8,13-14,18H2,1H3,(H,32,41)(H,39,40)(H,33,34,36,37)/t20-/m1/s1. The Labute approximate surface area is 235 Å². The number of benzene rings is 2. The number of nitrogens with zero attached hydrogens (tertiary/aromatic N) is 7. The van der Waals surface area contributed by atoms with E-state index in [-0.39, 0.29) is 12.1 Å². The molecule has 0 fully saturated rings. The molecule has 0 unspecified atom stereocenters. The fourth-order valence-electron chi connectivity index (χ4n) is 4.61. The molecular formula is C29H29N9O3. The lowest BCUT2D eigenvalue weighted by Gasteiger charge is -2.16. The zero-order valence-electron chi connectivity index (χ0n) is 22.4. The van der Waals surface area contributed by atoms with Gasteiger partial charge in [0.1, 0.15) is 5.69 Å². The maximum Gasteiger partial charge on any atom is 0.305 e. The number of aliphatic carboxylic acids is 1. The average Bonchev–Trinajstić information content (AvgIpc) is 3.65. The highest BCUT2D eigenvalue weighted by molar-refractivity contribution is 5.92. The van der Waals surface area contributed by atoms with Crippen LogP contribution in [0.15, 0.2) is 73.1 Å². The van der Waals surface area contributed by atoms with Gasteiger partial charge in [-0.2, -0.15) is 10.3 Å². The number of tetrazole rings is 1. The van der Waals surface area contributed by atoms with Crippen LogP contribution in [0.5, 0.6) is 0 Å². The fourth-order valence-corrected chi connectivity index (χ4v) is 4.61. The Bertz CT molecular complexity index is 1600. The number of amides is 1. The maximum atomic E-state index is 13.2. The van der Waals surface area contributed by atoms with Crippen LogP contribution in [0.3, 0.4) is 0 Å². The van der Waals surface area contributed by atoms with E-state index >= 15 is 0 Å². The number of aromatic nitrogens is 8. The van der Waals surface area contributed by atoms with Gasteiger partial charge in [-0.05, 0) is 29.7 Å². The van der Waals surface area contributed by atoms with Gasteiger partial charge >= 0.3 is 5.97 Å². The number of hydrogen-bond acceptors (Lipinski definition) is 8. The zero-order valence-corrected chi connectivity index (χ0v) is 22.4. The first kappa shape index (κ1) is 27.3. The molecule has 0 aliphatic carbocycles. The molecule has 2 aromatic carbocycles. The van der Waals surface area contributed by atoms with Gasteiger partial charge in [-0.3, -0.25) is 24.2 Å². The third kappa shape index (κ3) is 6.85. The van der Waals surface area contributed by atoms with Crippen molar-refractivity contribution in [2.75, 3.05) is 0 Å². The maximum absolute atomic E-state index is 13.2. The second-order valence-electron chi connectivity index (χ2n) is 9.56. The highest BCUT2D eigenvalue weighted by atomic mass is 16.4. The number of H-pyrrole nitrogens is 1. The smallest absolute Gasteiger partial charge is 0.305 e. The lowest BCUT2D eigenvalue weighted by atomic mass is 10.0. The van der Waals surface area contributed by atoms with Crippen molar-refractivity contribution in [2.24, 2.45) is 0 Å². The van der Waals surface area contributed by atoms with Crippen molar-refractivity contribution >= 4 is 11.9 Å². The molecule has 3 N–H and O–H groups in total. The second-order valence-corrected chi connectivity index (χ2v) is 9.56. The number of rotatable bonds is 12. The molecule has 5 rings (SSSR count). The Morgan fingerprint density at radius 1 is 1.02 bits per heavy atom. The second kappa shape index (κ2) is 12.7. The number of carboxylic acid groups (broad SMARTS) is 1. The van der Waals surface area contributed by atoms with E-state index in [1.165, 1.54) is 0 Å². The van der Waals surface area contributed by atoms with Crippen LogP contribution in [0.25, 0.3) is 22.6 Å². The van der Waals surface area contributed by atoms with Crippen LogP contribution < -0.4 is 5.32 Å². The van der Waals surface area contributed by atoms with Crippen LogP contribution in [-0.2, 0) is 24.2 Å². The van der Waals surface area contributed by atoms with E-state index in [4.69, 9.17) is 0 Å². The molecule has 0 aliphatic rings. The summed E-state index contributed by atoms with van der Waals surface area (Å²) in [5, 5.41) is 31.1. The summed E-state index contributed by atoms with van der Waals surface area (Å²) in [6.07, 6.45) is 5.15. The topological polar surface area (TPSA) is 164 Å². The van der Waals surface area contributed by atoms with Gasteiger partial charge in [0.2, 0.25) is 5.82 Å². The summed E-state index contributed by atoms with van der Waals surface area (Å²) in [7, 11) is 0. The van der Waals surface area contributed by atoms with Gasteiger partial charge in [-0.15, -0.1) is 10.2 Å². The molecule has 1 amide bonds. The molecule has 41 heavy (non-hydrogen) atoms. The highest BCUT2D eigenvalue weighted by Crippen LogP contribution is 2.27. The predicted octanol–water partition coefficient (Wildman–Crippen LogP) is 3.34. The third-order valence-electron chi connectivity index (χ3n) is 6.49. The summed E-state index contributed by atoms with van der Waals surface area (Å²) in [6.45, 7) is 2.38. The van der Waals surface area contributed by atoms with Gasteiger partial charge in [0, 0.05) is 22.9 Å². The van der Waals surface area contributed by atoms with E-state index in [1.807, 2.05) is 54.6 Å². The van der Waals surface area contributed by atoms with Gasteiger partial charge in [-0.1, -0.05) is 67.9 Å². The number of carbonyl (C=O) groups excluding carboxylic acids is 1. The van der Waals surface area contributed by atoms with E-state index in [9.17, 15) is 14.7 Å². The molecule has 0 saturated carbocycles. The molecule has 5 aromatic rings. The quantitative estimate of drug-likeness (QED) is 0.211. The normalized spacial score (nSPS) is 11.7. The van der Waals surface area contributed by atoms with Crippen molar-refractivity contribution in [3.8, 4) is 22.6 Å². The van der Waals surface area contributed by atoms with Crippen molar-refractivity contribution in [2.45, 2.75) is 45.2 Å². The summed E-state index contributed by atoms with van der Waals surface area (Å²) < 4.78 is 1.75. The average molecular weight is 552 g/mol. The molecule has 0 radical (unpaired) electrons. The van der Waals surface area contributed by atoms with Crippen LogP contribution in [0.2, 0.25) is 0 Å². The summed E-state index contributed by atoms with van der Waals surface area (Å²) >= 11 is 0. The van der Waals surface area contributed by atoms with Crippen LogP contribution in [0.1, 0.15) is 47.2 Å². The van der Waals surface area contributed by atoms with Gasteiger partial charge in [0.15, 0.2) is 0 Å². The predicted molar refractivity (Wildman–Crippen MR) is 150 cm³/mol. The first-order chi connectivity index (χ1) is 20.0. The molecule has 3 aromatic heterocycles. The van der Waals surface area contributed by atoms with Crippen LogP contribution in [0, 0.1) is 0 Å². The monoisotopic (exact) mass is 551 g/mol. The molecule has 1 atom stereocenters. The van der Waals surface area contributed by atoms with Gasteiger partial charge in [0.25, 0.3) is 5.91 Å². The van der Waals surface area contributed by atoms with Gasteiger partial charge < -0.3 is 10.4 Å². The van der Waals surface area contributed by atoms with Crippen molar-refractivity contribution in [3.63, 3.8) is 0 Å². The van der Waals surface area contributed by atoms with Crippen molar-refractivity contribution in [1.82, 2.24) is 45.7 Å². The molecule has 0 aliphatic heterocycles. The summed E-state index contributed by atoms with van der Waals surface area (Å²) in [6, 6.07) is 18.3. The minimum absolute atomic E-state index is 0.194. The van der Waals surface area contributed by atoms with Crippen LogP contribution >= 0.6 is 0 Å². The van der Waals surface area contributed by atoms with Crippen molar-refractivity contribution < 1.29 is 14.7 Å². The zero-order chi connectivity index (χ0) is 28.6. The molecule has 12 heteroatoms. The lowest BCUT2D eigenvalue weighted by molar-refractivity contribution is -0.137. The van der Waals surface area contributed by atoms with E-state index in [2.05, 4.69) is 47.9 Å². The summed E-state index contributed by atoms with van der Waals surface area (Å²) in [4.78, 5) is 33.8. The Balaban J connectivity index is 1.33. The first-order valence-electron chi connectivity index (χ1n) is 13.3. The number of carboxylic acids is 1. The molecule has 12 nitrogen and oxygen atoms in total. The van der Waals surface area contributed by atoms with Crippen LogP contribution in [-0.4, -0.2) is 63.4 Å². The Hall–Kier alpha value is -5.26. The molecule has 3 heterocycles. The minimum atomic E-state index is -0.981. The van der Waals surface area contributed by atoms with E-state index < -0.39 is 17.9 Å². The number of hydrogen-bond donors (Lipinski definition) is 3. The molecule has 208 valence electrons. The van der Waals surface area contributed by atoms with Crippen molar-refractivity contribution in [1.29, 1.82) is 0 Å². The third-order valence-corrected chi connectivity index (χ3v) is 6.49. The molecule has 0 bridgehead atoms. The first-order valence-corrected chi connectivity index (χ1v) is 13.3. The Morgan fingerprint density at radius 3 is 2.49 bits per heavy atom. The lowest BCUT2D eigenvalue weighted by Crippen LogP contribution is -2.38. The SMILES string of the molecule is CCCc1cc(C(=O)N[C@@H](CC(=O)O)Cc2ccccc2)nn1Cc1cnc(-c2ccccc2-c2nn[nH]n2)cn1. The highest BCUT2D eigenvalue weighted by Gasteiger charge is 2.21. The van der Waals surface area contributed by atoms with Gasteiger partial charge in [0.05, 0.1) is 36.7 Å². The number of nitrogens with one attached hydrogen (secondary N) is 2. The molecular weight excluding hydrogens is 522 g/mol.